The van der Waals surface area contributed by atoms with Gasteiger partial charge >= 0.3 is 0 Å². The van der Waals surface area contributed by atoms with Crippen LogP contribution < -0.4 is 9.47 Å². The van der Waals surface area contributed by atoms with Crippen LogP contribution >= 0.6 is 0 Å². The van der Waals surface area contributed by atoms with Gasteiger partial charge in [-0.3, -0.25) is 0 Å². The number of hydrogen-bond acceptors (Lipinski definition) is 5. The fraction of sp³-hybridized carbons (Fsp3) is 0.520. The van der Waals surface area contributed by atoms with Gasteiger partial charge in [0.05, 0.1) is 26.9 Å². The number of likely N-dealkylation sites (tertiary alicyclic amines) is 1. The highest BCUT2D eigenvalue weighted by Gasteiger charge is 2.19. The maximum Gasteiger partial charge on any atom is 0.118 e. The Kier molecular flexibility index (Phi) is 9.00. The number of rotatable bonds is 9. The van der Waals surface area contributed by atoms with Gasteiger partial charge in [-0.05, 0) is 61.3 Å². The zero-order chi connectivity index (χ0) is 21.2. The van der Waals surface area contributed by atoms with Gasteiger partial charge < -0.3 is 24.2 Å². The van der Waals surface area contributed by atoms with E-state index in [4.69, 9.17) is 14.2 Å². The van der Waals surface area contributed by atoms with Crippen LogP contribution in [-0.2, 0) is 4.74 Å². The van der Waals surface area contributed by atoms with Crippen LogP contribution in [0.15, 0.2) is 48.5 Å². The summed E-state index contributed by atoms with van der Waals surface area (Å²) in [7, 11) is 3.32. The second-order valence-corrected chi connectivity index (χ2v) is 7.98. The molecule has 1 heterocycles. The van der Waals surface area contributed by atoms with Gasteiger partial charge in [0, 0.05) is 6.54 Å². The third-order valence-corrected chi connectivity index (χ3v) is 5.71. The summed E-state index contributed by atoms with van der Waals surface area (Å²) in [5, 5.41) is 10.7. The van der Waals surface area contributed by atoms with E-state index >= 15 is 0 Å². The molecule has 5 heteroatoms. The Hall–Kier alpha value is -2.08. The summed E-state index contributed by atoms with van der Waals surface area (Å²) in [6.45, 7) is 3.09. The minimum absolute atomic E-state index is 0.260. The summed E-state index contributed by atoms with van der Waals surface area (Å²) < 4.78 is 16.8. The molecular weight excluding hydrogens is 378 g/mol. The lowest BCUT2D eigenvalue weighted by atomic mass is 10.0. The average Bonchev–Trinajstić information content (AvgIpc) is 2.76. The van der Waals surface area contributed by atoms with Gasteiger partial charge in [0.1, 0.15) is 17.6 Å². The lowest BCUT2D eigenvalue weighted by Crippen LogP contribution is -2.37. The van der Waals surface area contributed by atoms with Gasteiger partial charge in [0.25, 0.3) is 0 Å². The largest absolute Gasteiger partial charge is 0.497 e. The second kappa shape index (κ2) is 11.9. The van der Waals surface area contributed by atoms with Crippen LogP contribution in [0.5, 0.6) is 11.5 Å². The first-order valence-electron chi connectivity index (χ1n) is 11.0. The van der Waals surface area contributed by atoms with Crippen molar-refractivity contribution in [1.29, 1.82) is 0 Å². The summed E-state index contributed by atoms with van der Waals surface area (Å²) in [5.74, 6) is 1.62. The van der Waals surface area contributed by atoms with Crippen LogP contribution in [0.2, 0.25) is 0 Å². The summed E-state index contributed by atoms with van der Waals surface area (Å²) >= 11 is 0. The molecule has 1 unspecified atom stereocenters. The Labute approximate surface area is 180 Å². The van der Waals surface area contributed by atoms with E-state index in [1.807, 2.05) is 48.5 Å². The lowest BCUT2D eigenvalue weighted by molar-refractivity contribution is -0.00919. The number of β-amino-alcohol motifs (C(OH)–C–C–N with tert-alkyl or cyclic N) is 1. The average molecular weight is 414 g/mol. The number of aliphatic hydroxyl groups is 1. The predicted octanol–water partition coefficient (Wildman–Crippen LogP) is 4.44. The van der Waals surface area contributed by atoms with Gasteiger partial charge in [0.15, 0.2) is 0 Å². The van der Waals surface area contributed by atoms with E-state index in [1.165, 1.54) is 32.1 Å². The maximum absolute atomic E-state index is 10.7. The molecule has 1 fully saturated rings. The fourth-order valence-corrected chi connectivity index (χ4v) is 4.00. The van der Waals surface area contributed by atoms with E-state index in [0.29, 0.717) is 13.2 Å². The summed E-state index contributed by atoms with van der Waals surface area (Å²) in [6, 6.07) is 15.8. The smallest absolute Gasteiger partial charge is 0.118 e. The molecule has 0 radical (unpaired) electrons. The van der Waals surface area contributed by atoms with Crippen molar-refractivity contribution in [3.8, 4) is 11.5 Å². The number of methoxy groups -OCH3 is 2. The summed E-state index contributed by atoms with van der Waals surface area (Å²) in [5.41, 5.74) is 2.05. The molecule has 2 aromatic rings. The monoisotopic (exact) mass is 413 g/mol. The van der Waals surface area contributed by atoms with Crippen LogP contribution in [-0.4, -0.2) is 56.6 Å². The molecule has 0 spiro atoms. The molecule has 1 saturated heterocycles. The van der Waals surface area contributed by atoms with E-state index < -0.39 is 6.10 Å². The van der Waals surface area contributed by atoms with E-state index in [1.54, 1.807) is 14.2 Å². The van der Waals surface area contributed by atoms with Gasteiger partial charge in [0.2, 0.25) is 0 Å². The zero-order valence-electron chi connectivity index (χ0n) is 18.3. The standard InChI is InChI=1S/C25H35NO4/c1-28-23-12-8-20(9-13-23)25(21-10-14-24(29-2)15-11-21)30-19-22(27)18-26-16-6-4-3-5-7-17-26/h8-15,22,25,27H,3-7,16-19H2,1-2H3. The van der Waals surface area contributed by atoms with E-state index in [9.17, 15) is 5.11 Å². The Morgan fingerprint density at radius 2 is 1.23 bits per heavy atom. The number of hydrogen-bond donors (Lipinski definition) is 1. The Morgan fingerprint density at radius 3 is 1.70 bits per heavy atom. The van der Waals surface area contributed by atoms with Crippen LogP contribution in [0, 0.1) is 0 Å². The molecule has 30 heavy (non-hydrogen) atoms. The Morgan fingerprint density at radius 1 is 0.767 bits per heavy atom. The fourth-order valence-electron chi connectivity index (χ4n) is 4.00. The van der Waals surface area contributed by atoms with Crippen LogP contribution in [0.1, 0.15) is 49.3 Å². The predicted molar refractivity (Wildman–Crippen MR) is 119 cm³/mol. The first-order valence-corrected chi connectivity index (χ1v) is 11.0. The Balaban J connectivity index is 1.66. The lowest BCUT2D eigenvalue weighted by Gasteiger charge is -2.28. The molecule has 1 aliphatic rings. The van der Waals surface area contributed by atoms with E-state index in [2.05, 4.69) is 4.90 Å². The zero-order valence-corrected chi connectivity index (χ0v) is 18.3. The van der Waals surface area contributed by atoms with Gasteiger partial charge in [-0.15, -0.1) is 0 Å². The van der Waals surface area contributed by atoms with Gasteiger partial charge in [-0.25, -0.2) is 0 Å². The first-order chi connectivity index (χ1) is 14.7. The van der Waals surface area contributed by atoms with Crippen LogP contribution in [0.3, 0.4) is 0 Å². The van der Waals surface area contributed by atoms with Crippen molar-refractivity contribution in [2.45, 2.75) is 44.3 Å². The molecule has 1 atom stereocenters. The second-order valence-electron chi connectivity index (χ2n) is 7.98. The van der Waals surface area contributed by atoms with Crippen molar-refractivity contribution in [2.24, 2.45) is 0 Å². The normalized spacial score (nSPS) is 16.7. The Bertz CT molecular complexity index is 676. The SMILES string of the molecule is COc1ccc(C(OCC(O)CN2CCCCCCC2)c2ccc(OC)cc2)cc1. The summed E-state index contributed by atoms with van der Waals surface area (Å²) in [4.78, 5) is 2.38. The van der Waals surface area contributed by atoms with Gasteiger partial charge in [-0.2, -0.15) is 0 Å². The van der Waals surface area contributed by atoms with Gasteiger partial charge in [-0.1, -0.05) is 43.5 Å². The molecule has 0 aliphatic carbocycles. The number of aliphatic hydroxyl groups excluding tert-OH is 1. The van der Waals surface area contributed by atoms with Crippen molar-refractivity contribution in [3.63, 3.8) is 0 Å². The minimum Gasteiger partial charge on any atom is -0.497 e. The highest BCUT2D eigenvalue weighted by molar-refractivity contribution is 5.36. The molecule has 0 aromatic heterocycles. The first kappa shape index (κ1) is 22.6. The molecular formula is C25H35NO4. The topological polar surface area (TPSA) is 51.2 Å². The molecule has 0 bridgehead atoms. The minimum atomic E-state index is -0.511. The summed E-state index contributed by atoms with van der Waals surface area (Å²) in [6.07, 6.45) is 5.58. The highest BCUT2D eigenvalue weighted by atomic mass is 16.5. The van der Waals surface area contributed by atoms with Crippen molar-refractivity contribution in [3.05, 3.63) is 59.7 Å². The van der Waals surface area contributed by atoms with Crippen molar-refractivity contribution < 1.29 is 19.3 Å². The molecule has 2 aromatic carbocycles. The third-order valence-electron chi connectivity index (χ3n) is 5.71. The van der Waals surface area contributed by atoms with Crippen molar-refractivity contribution in [1.82, 2.24) is 4.90 Å². The molecule has 1 aliphatic heterocycles. The quantitative estimate of drug-likeness (QED) is 0.659. The number of benzene rings is 2. The number of nitrogens with zero attached hydrogens (tertiary/aromatic N) is 1. The van der Waals surface area contributed by atoms with Crippen molar-refractivity contribution >= 4 is 0 Å². The van der Waals surface area contributed by atoms with Crippen LogP contribution in [0.4, 0.5) is 0 Å². The third kappa shape index (κ3) is 6.73. The molecule has 164 valence electrons. The maximum atomic E-state index is 10.7. The van der Waals surface area contributed by atoms with E-state index in [-0.39, 0.29) is 6.10 Å². The molecule has 0 saturated carbocycles. The van der Waals surface area contributed by atoms with Crippen LogP contribution in [0.25, 0.3) is 0 Å². The molecule has 3 rings (SSSR count). The van der Waals surface area contributed by atoms with Crippen molar-refractivity contribution in [2.75, 3.05) is 40.5 Å². The molecule has 0 amide bonds. The molecule has 1 N–H and O–H groups in total. The van der Waals surface area contributed by atoms with E-state index in [0.717, 1.165) is 35.7 Å². The highest BCUT2D eigenvalue weighted by Crippen LogP contribution is 2.29. The molecule has 5 nitrogen and oxygen atoms in total. The number of ether oxygens (including phenoxy) is 3.